The van der Waals surface area contributed by atoms with Crippen molar-refractivity contribution in [1.29, 1.82) is 0 Å². The van der Waals surface area contributed by atoms with Crippen LogP contribution in [0.5, 0.6) is 11.5 Å². The van der Waals surface area contributed by atoms with Gasteiger partial charge in [0.05, 0.1) is 12.7 Å². The van der Waals surface area contributed by atoms with Gasteiger partial charge in [0.1, 0.15) is 23.2 Å². The molecule has 0 aliphatic carbocycles. The zero-order chi connectivity index (χ0) is 27.8. The summed E-state index contributed by atoms with van der Waals surface area (Å²) in [7, 11) is 1.15. The molecule has 200 valence electrons. The molecule has 0 amide bonds. The van der Waals surface area contributed by atoms with Crippen LogP contribution in [0, 0.1) is 0 Å². The number of esters is 4. The van der Waals surface area contributed by atoms with Crippen molar-refractivity contribution in [1.82, 2.24) is 0 Å². The number of ether oxygens (including phenoxy) is 5. The minimum Gasteiger partial charge on any atom is -0.502 e. The van der Waals surface area contributed by atoms with Crippen molar-refractivity contribution in [3.8, 4) is 11.5 Å². The van der Waals surface area contributed by atoms with Crippen molar-refractivity contribution in [2.24, 2.45) is 0 Å². The molecule has 2 aliphatic rings. The fraction of sp³-hybridized carbons (Fsp3) is 0.357. The monoisotopic (exact) mass is 524 g/mol. The summed E-state index contributed by atoms with van der Waals surface area (Å²) < 4.78 is 27.1. The fourth-order valence-electron chi connectivity index (χ4n) is 4.75. The summed E-state index contributed by atoms with van der Waals surface area (Å²) in [6.07, 6.45) is -0.338. The van der Waals surface area contributed by atoms with Crippen LogP contribution < -0.4 is 9.47 Å². The molecule has 2 aromatic rings. The number of rotatable bonds is 6. The number of aliphatic hydroxyl groups excluding tert-OH is 1. The highest BCUT2D eigenvalue weighted by molar-refractivity contribution is 6.11. The van der Waals surface area contributed by atoms with E-state index in [-0.39, 0.29) is 17.7 Å². The molecule has 0 fully saturated rings. The van der Waals surface area contributed by atoms with Gasteiger partial charge in [-0.2, -0.15) is 0 Å². The third-order valence-corrected chi connectivity index (χ3v) is 6.46. The molecule has 1 unspecified atom stereocenters. The quantitative estimate of drug-likeness (QED) is 0.341. The van der Waals surface area contributed by atoms with E-state index in [0.29, 0.717) is 23.3 Å². The number of carbonyl (C=O) groups is 4. The molecule has 1 N–H and O–H groups in total. The first-order valence-corrected chi connectivity index (χ1v) is 11.9. The average molecular weight is 525 g/mol. The van der Waals surface area contributed by atoms with Crippen molar-refractivity contribution in [2.45, 2.75) is 57.8 Å². The third-order valence-electron chi connectivity index (χ3n) is 6.46. The van der Waals surface area contributed by atoms with Gasteiger partial charge in [-0.05, 0) is 48.7 Å². The maximum atomic E-state index is 13.2. The van der Waals surface area contributed by atoms with Crippen molar-refractivity contribution >= 4 is 29.5 Å². The van der Waals surface area contributed by atoms with Gasteiger partial charge in [-0.15, -0.1) is 0 Å². The summed E-state index contributed by atoms with van der Waals surface area (Å²) in [5.74, 6) is -2.80. The normalized spacial score (nSPS) is 21.6. The van der Waals surface area contributed by atoms with Gasteiger partial charge in [0.2, 0.25) is 11.4 Å². The van der Waals surface area contributed by atoms with Gasteiger partial charge in [-0.3, -0.25) is 9.59 Å². The Balaban J connectivity index is 1.73. The molecule has 2 aromatic carbocycles. The smallest absolute Gasteiger partial charge is 0.375 e. The van der Waals surface area contributed by atoms with E-state index in [4.69, 9.17) is 23.7 Å². The standard InChI is InChI=1S/C28H28O10/c1-15(29)35-20-9-7-18(8-10-20)23-24(31)25(32)38-28(23,26(33)34-5)14-17-6-11-21-19(12-17)13-22(36-16(2)30)27(3,4)37-21/h6-12,22,31H,13-14H2,1-5H3/t22?,28-/m1/s1. The van der Waals surface area contributed by atoms with Gasteiger partial charge in [-0.25, -0.2) is 9.59 Å². The van der Waals surface area contributed by atoms with E-state index in [9.17, 15) is 24.3 Å². The lowest BCUT2D eigenvalue weighted by Crippen LogP contribution is -2.48. The second-order valence-electron chi connectivity index (χ2n) is 9.68. The van der Waals surface area contributed by atoms with E-state index in [2.05, 4.69) is 0 Å². The minimum absolute atomic E-state index is 0.0726. The van der Waals surface area contributed by atoms with Crippen LogP contribution in [0.25, 0.3) is 5.57 Å². The molecule has 0 saturated heterocycles. The zero-order valence-electron chi connectivity index (χ0n) is 21.7. The Hall–Kier alpha value is -4.34. The lowest BCUT2D eigenvalue weighted by Gasteiger charge is -2.39. The van der Waals surface area contributed by atoms with Crippen LogP contribution >= 0.6 is 0 Å². The molecule has 10 heteroatoms. The molecule has 4 rings (SSSR count). The van der Waals surface area contributed by atoms with Crippen molar-refractivity contribution < 1.29 is 48.0 Å². The summed E-state index contributed by atoms with van der Waals surface area (Å²) in [6, 6.07) is 11.2. The van der Waals surface area contributed by atoms with Crippen LogP contribution in [-0.4, -0.2) is 53.4 Å². The van der Waals surface area contributed by atoms with E-state index in [1.807, 2.05) is 13.8 Å². The Morgan fingerprint density at radius 3 is 2.32 bits per heavy atom. The Labute approximate surface area is 219 Å². The van der Waals surface area contributed by atoms with Gasteiger partial charge in [0.25, 0.3) is 0 Å². The molecule has 2 heterocycles. The molecule has 0 aromatic heterocycles. The number of benzene rings is 2. The fourth-order valence-corrected chi connectivity index (χ4v) is 4.75. The highest BCUT2D eigenvalue weighted by Gasteiger charge is 2.55. The second kappa shape index (κ2) is 9.85. The summed E-state index contributed by atoms with van der Waals surface area (Å²) in [4.78, 5) is 48.6. The Bertz CT molecular complexity index is 1340. The Morgan fingerprint density at radius 2 is 1.71 bits per heavy atom. The molecule has 0 radical (unpaired) electrons. The zero-order valence-corrected chi connectivity index (χ0v) is 21.7. The van der Waals surface area contributed by atoms with Crippen molar-refractivity contribution in [3.63, 3.8) is 0 Å². The first kappa shape index (κ1) is 26.7. The van der Waals surface area contributed by atoms with Gasteiger partial charge in [0.15, 0.2) is 0 Å². The predicted molar refractivity (Wildman–Crippen MR) is 132 cm³/mol. The van der Waals surface area contributed by atoms with E-state index in [0.717, 1.165) is 12.7 Å². The van der Waals surface area contributed by atoms with Crippen LogP contribution in [-0.2, 0) is 46.2 Å². The van der Waals surface area contributed by atoms with Crippen LogP contribution in [0.15, 0.2) is 48.2 Å². The lowest BCUT2D eigenvalue weighted by atomic mass is 9.82. The number of aliphatic hydroxyl groups is 1. The topological polar surface area (TPSA) is 135 Å². The molecular weight excluding hydrogens is 496 g/mol. The summed E-state index contributed by atoms with van der Waals surface area (Å²) in [5.41, 5.74) is -1.20. The molecular formula is C28H28O10. The molecule has 0 bridgehead atoms. The predicted octanol–water partition coefficient (Wildman–Crippen LogP) is 3.24. The average Bonchev–Trinajstić information content (AvgIpc) is 3.09. The summed E-state index contributed by atoms with van der Waals surface area (Å²) in [5, 5.41) is 10.7. The first-order chi connectivity index (χ1) is 17.9. The number of hydrogen-bond acceptors (Lipinski definition) is 10. The Kier molecular flexibility index (Phi) is 6.92. The number of carbonyl (C=O) groups excluding carboxylic acids is 4. The van der Waals surface area contributed by atoms with Gasteiger partial charge < -0.3 is 28.8 Å². The van der Waals surface area contributed by atoms with Crippen LogP contribution in [0.3, 0.4) is 0 Å². The molecule has 38 heavy (non-hydrogen) atoms. The summed E-state index contributed by atoms with van der Waals surface area (Å²) in [6.45, 7) is 6.24. The van der Waals surface area contributed by atoms with Crippen LogP contribution in [0.1, 0.15) is 44.4 Å². The lowest BCUT2D eigenvalue weighted by molar-refractivity contribution is -0.169. The number of hydrogen-bond donors (Lipinski definition) is 1. The summed E-state index contributed by atoms with van der Waals surface area (Å²) >= 11 is 0. The maximum Gasteiger partial charge on any atom is 0.375 e. The molecule has 0 spiro atoms. The second-order valence-corrected chi connectivity index (χ2v) is 9.68. The highest BCUT2D eigenvalue weighted by atomic mass is 16.6. The van der Waals surface area contributed by atoms with E-state index in [1.165, 1.54) is 38.1 Å². The van der Waals surface area contributed by atoms with Crippen LogP contribution in [0.4, 0.5) is 0 Å². The minimum atomic E-state index is -1.99. The number of fused-ring (bicyclic) bond motifs is 1. The van der Waals surface area contributed by atoms with E-state index >= 15 is 0 Å². The SMILES string of the molecule is COC(=O)[C@]1(Cc2ccc3c(c2)CC(OC(C)=O)C(C)(C)O3)OC(=O)C(O)=C1c1ccc(OC(C)=O)cc1. The van der Waals surface area contributed by atoms with Gasteiger partial charge in [0, 0.05) is 26.7 Å². The maximum absolute atomic E-state index is 13.2. The molecule has 2 atom stereocenters. The molecule has 0 saturated carbocycles. The highest BCUT2D eigenvalue weighted by Crippen LogP contribution is 2.44. The van der Waals surface area contributed by atoms with Gasteiger partial charge in [-0.1, -0.05) is 24.3 Å². The van der Waals surface area contributed by atoms with Gasteiger partial charge >= 0.3 is 23.9 Å². The van der Waals surface area contributed by atoms with E-state index < -0.39 is 46.9 Å². The number of methoxy groups -OCH3 is 1. The van der Waals surface area contributed by atoms with Crippen LogP contribution in [0.2, 0.25) is 0 Å². The largest absolute Gasteiger partial charge is 0.502 e. The first-order valence-electron chi connectivity index (χ1n) is 11.9. The van der Waals surface area contributed by atoms with E-state index in [1.54, 1.807) is 18.2 Å². The Morgan fingerprint density at radius 1 is 1.03 bits per heavy atom. The van der Waals surface area contributed by atoms with Crippen molar-refractivity contribution in [2.75, 3.05) is 7.11 Å². The third kappa shape index (κ3) is 4.93. The molecule has 10 nitrogen and oxygen atoms in total. The molecule has 2 aliphatic heterocycles. The number of cyclic esters (lactones) is 1. The van der Waals surface area contributed by atoms with Crippen molar-refractivity contribution in [3.05, 3.63) is 64.9 Å².